The number of benzene rings is 2. The van der Waals surface area contributed by atoms with E-state index in [0.29, 0.717) is 5.13 Å². The molecule has 0 unspecified atom stereocenters. The first-order valence-corrected chi connectivity index (χ1v) is 9.41. The van der Waals surface area contributed by atoms with Crippen LogP contribution in [-0.2, 0) is 0 Å². The number of nitrogens with one attached hydrogen (secondary N) is 1. The first-order chi connectivity index (χ1) is 11.6. The quantitative estimate of drug-likeness (QED) is 0.603. The molecule has 0 saturated carbocycles. The predicted octanol–water partition coefficient (Wildman–Crippen LogP) is 5.58. The molecule has 0 spiro atoms. The summed E-state index contributed by atoms with van der Waals surface area (Å²) >= 11 is 8.89. The van der Waals surface area contributed by atoms with Gasteiger partial charge in [0, 0.05) is 15.8 Å². The van der Waals surface area contributed by atoms with E-state index in [1.54, 1.807) is 11.8 Å². The minimum absolute atomic E-state index is 0.0666. The van der Waals surface area contributed by atoms with Crippen molar-refractivity contribution in [2.24, 2.45) is 0 Å². The second-order valence-electron chi connectivity index (χ2n) is 4.84. The molecule has 1 heterocycles. The molecular weight excluding hydrogens is 367 g/mol. The first kappa shape index (κ1) is 17.0. The van der Waals surface area contributed by atoms with Gasteiger partial charge in [0.25, 0.3) is 5.91 Å². The lowest BCUT2D eigenvalue weighted by Crippen LogP contribution is -2.12. The zero-order valence-corrected chi connectivity index (χ0v) is 14.9. The maximum Gasteiger partial charge on any atom is 0.258 e. The molecule has 0 aliphatic heterocycles. The number of hydrogen-bond donors (Lipinski definition) is 1. The SMILES string of the molecule is CSc1ccc(-c2csc(NC(=O)c3ccc(F)cc3Cl)n2)cc1. The average Bonchev–Trinajstić information content (AvgIpc) is 3.03. The number of carbonyl (C=O) groups excluding carboxylic acids is 1. The van der Waals surface area contributed by atoms with Gasteiger partial charge in [-0.1, -0.05) is 23.7 Å². The van der Waals surface area contributed by atoms with E-state index in [9.17, 15) is 9.18 Å². The fraction of sp³-hybridized carbons (Fsp3) is 0.0588. The standard InChI is InChI=1S/C17H12ClFN2OS2/c1-23-12-5-2-10(3-6-12)15-9-24-17(20-15)21-16(22)13-7-4-11(19)8-14(13)18/h2-9H,1H3,(H,20,21,22). The van der Waals surface area contributed by atoms with Gasteiger partial charge in [0.05, 0.1) is 16.3 Å². The van der Waals surface area contributed by atoms with Crippen LogP contribution in [0.1, 0.15) is 10.4 Å². The molecule has 1 aromatic heterocycles. The molecular formula is C17H12ClFN2OS2. The first-order valence-electron chi connectivity index (χ1n) is 6.93. The number of thiazole rings is 1. The highest BCUT2D eigenvalue weighted by molar-refractivity contribution is 7.98. The number of anilines is 1. The van der Waals surface area contributed by atoms with Crippen LogP contribution in [0.3, 0.4) is 0 Å². The van der Waals surface area contributed by atoms with Gasteiger partial charge in [-0.15, -0.1) is 23.1 Å². The molecule has 1 amide bonds. The molecule has 0 atom stereocenters. The second kappa shape index (κ2) is 7.34. The second-order valence-corrected chi connectivity index (χ2v) is 6.99. The normalized spacial score (nSPS) is 10.6. The van der Waals surface area contributed by atoms with Gasteiger partial charge in [0.15, 0.2) is 5.13 Å². The number of halogens is 2. The lowest BCUT2D eigenvalue weighted by Gasteiger charge is -2.04. The number of rotatable bonds is 4. The Bertz CT molecular complexity index is 881. The van der Waals surface area contributed by atoms with Gasteiger partial charge in [-0.3, -0.25) is 10.1 Å². The molecule has 3 rings (SSSR count). The molecule has 3 nitrogen and oxygen atoms in total. The summed E-state index contributed by atoms with van der Waals surface area (Å²) in [4.78, 5) is 17.8. The monoisotopic (exact) mass is 378 g/mol. The molecule has 2 aromatic carbocycles. The van der Waals surface area contributed by atoms with Crippen molar-refractivity contribution in [3.05, 3.63) is 64.2 Å². The van der Waals surface area contributed by atoms with Gasteiger partial charge in [-0.2, -0.15) is 0 Å². The number of carbonyl (C=O) groups is 1. The van der Waals surface area contributed by atoms with E-state index in [4.69, 9.17) is 11.6 Å². The number of amides is 1. The summed E-state index contributed by atoms with van der Waals surface area (Å²) < 4.78 is 13.1. The van der Waals surface area contributed by atoms with Crippen molar-refractivity contribution < 1.29 is 9.18 Å². The average molecular weight is 379 g/mol. The molecule has 0 saturated heterocycles. The van der Waals surface area contributed by atoms with Crippen LogP contribution in [0.2, 0.25) is 5.02 Å². The highest BCUT2D eigenvalue weighted by Gasteiger charge is 2.13. The van der Waals surface area contributed by atoms with Crippen LogP contribution < -0.4 is 5.32 Å². The summed E-state index contributed by atoms with van der Waals surface area (Å²) in [6.07, 6.45) is 2.02. The molecule has 0 aliphatic carbocycles. The molecule has 0 bridgehead atoms. The number of aromatic nitrogens is 1. The van der Waals surface area contributed by atoms with Crippen molar-refractivity contribution in [1.29, 1.82) is 0 Å². The van der Waals surface area contributed by atoms with Crippen LogP contribution in [0.4, 0.5) is 9.52 Å². The largest absolute Gasteiger partial charge is 0.298 e. The minimum Gasteiger partial charge on any atom is -0.298 e. The Kier molecular flexibility index (Phi) is 5.18. The van der Waals surface area contributed by atoms with Crippen LogP contribution >= 0.6 is 34.7 Å². The van der Waals surface area contributed by atoms with Crippen molar-refractivity contribution in [2.75, 3.05) is 11.6 Å². The Hall–Kier alpha value is -1.89. The third-order valence-corrected chi connectivity index (χ3v) is 5.10. The summed E-state index contributed by atoms with van der Waals surface area (Å²) in [5.74, 6) is -0.902. The molecule has 122 valence electrons. The fourth-order valence-electron chi connectivity index (χ4n) is 2.06. The Morgan fingerprint density at radius 1 is 1.25 bits per heavy atom. The van der Waals surface area contributed by atoms with Crippen LogP contribution in [0, 0.1) is 5.82 Å². The molecule has 7 heteroatoms. The third kappa shape index (κ3) is 3.77. The molecule has 3 aromatic rings. The van der Waals surface area contributed by atoms with Gasteiger partial charge in [0.2, 0.25) is 0 Å². The van der Waals surface area contributed by atoms with Gasteiger partial charge in [0.1, 0.15) is 5.82 Å². The molecule has 0 fully saturated rings. The highest BCUT2D eigenvalue weighted by Crippen LogP contribution is 2.27. The van der Waals surface area contributed by atoms with E-state index in [0.717, 1.165) is 17.3 Å². The lowest BCUT2D eigenvalue weighted by molar-refractivity contribution is 0.102. The third-order valence-electron chi connectivity index (χ3n) is 3.29. The molecule has 1 N–H and O–H groups in total. The van der Waals surface area contributed by atoms with Crippen LogP contribution in [0.25, 0.3) is 11.3 Å². The number of thioether (sulfide) groups is 1. The summed E-state index contributed by atoms with van der Waals surface area (Å²) in [5.41, 5.74) is 1.97. The summed E-state index contributed by atoms with van der Waals surface area (Å²) in [6.45, 7) is 0. The summed E-state index contributed by atoms with van der Waals surface area (Å²) in [6, 6.07) is 11.7. The van der Waals surface area contributed by atoms with Gasteiger partial charge in [-0.05, 0) is 36.6 Å². The summed E-state index contributed by atoms with van der Waals surface area (Å²) in [7, 11) is 0. The van der Waals surface area contributed by atoms with E-state index in [1.165, 1.54) is 28.4 Å². The number of nitrogens with zero attached hydrogens (tertiary/aromatic N) is 1. The van der Waals surface area contributed by atoms with Crippen molar-refractivity contribution in [2.45, 2.75) is 4.90 Å². The Morgan fingerprint density at radius 2 is 2.00 bits per heavy atom. The Balaban J connectivity index is 1.76. The van der Waals surface area contributed by atoms with Crippen molar-refractivity contribution in [3.63, 3.8) is 0 Å². The van der Waals surface area contributed by atoms with E-state index in [2.05, 4.69) is 10.3 Å². The van der Waals surface area contributed by atoms with Crippen LogP contribution in [0.5, 0.6) is 0 Å². The topological polar surface area (TPSA) is 42.0 Å². The summed E-state index contributed by atoms with van der Waals surface area (Å²) in [5, 5.41) is 5.09. The van der Waals surface area contributed by atoms with Crippen molar-refractivity contribution in [3.8, 4) is 11.3 Å². The van der Waals surface area contributed by atoms with E-state index in [1.807, 2.05) is 35.9 Å². The zero-order valence-electron chi connectivity index (χ0n) is 12.5. The molecule has 24 heavy (non-hydrogen) atoms. The predicted molar refractivity (Wildman–Crippen MR) is 98.7 cm³/mol. The highest BCUT2D eigenvalue weighted by atomic mass is 35.5. The van der Waals surface area contributed by atoms with Crippen molar-refractivity contribution >= 4 is 45.7 Å². The van der Waals surface area contributed by atoms with Gasteiger partial charge in [-0.25, -0.2) is 9.37 Å². The van der Waals surface area contributed by atoms with Gasteiger partial charge >= 0.3 is 0 Å². The fourth-order valence-corrected chi connectivity index (χ4v) is 3.44. The smallest absolute Gasteiger partial charge is 0.258 e. The number of hydrogen-bond acceptors (Lipinski definition) is 4. The Morgan fingerprint density at radius 3 is 2.67 bits per heavy atom. The van der Waals surface area contributed by atoms with E-state index >= 15 is 0 Å². The van der Waals surface area contributed by atoms with Gasteiger partial charge < -0.3 is 0 Å². The lowest BCUT2D eigenvalue weighted by atomic mass is 10.2. The van der Waals surface area contributed by atoms with Crippen LogP contribution in [0.15, 0.2) is 52.7 Å². The molecule has 0 radical (unpaired) electrons. The molecule has 0 aliphatic rings. The van der Waals surface area contributed by atoms with E-state index in [-0.39, 0.29) is 10.6 Å². The zero-order chi connectivity index (χ0) is 17.1. The maximum absolute atomic E-state index is 13.1. The minimum atomic E-state index is -0.484. The van der Waals surface area contributed by atoms with Crippen LogP contribution in [-0.4, -0.2) is 17.1 Å². The van der Waals surface area contributed by atoms with E-state index < -0.39 is 11.7 Å². The maximum atomic E-state index is 13.1. The Labute approximate surface area is 151 Å². The van der Waals surface area contributed by atoms with Crippen molar-refractivity contribution in [1.82, 2.24) is 4.98 Å².